The van der Waals surface area contributed by atoms with Gasteiger partial charge in [-0.05, 0) is 37.1 Å². The van der Waals surface area contributed by atoms with Gasteiger partial charge in [0.25, 0.3) is 0 Å². The third-order valence-electron chi connectivity index (χ3n) is 4.81. The number of halogens is 1. The van der Waals surface area contributed by atoms with E-state index >= 15 is 0 Å². The fraction of sp³-hybridized carbons (Fsp3) is 0.435. The molecule has 0 aliphatic carbocycles. The number of nitrogens with zero attached hydrogens (tertiary/aromatic N) is 2. The van der Waals surface area contributed by atoms with Gasteiger partial charge in [0.05, 0.1) is 0 Å². The van der Waals surface area contributed by atoms with Gasteiger partial charge in [-0.25, -0.2) is 4.79 Å². The van der Waals surface area contributed by atoms with Crippen LogP contribution >= 0.6 is 12.4 Å². The fourth-order valence-corrected chi connectivity index (χ4v) is 3.01. The van der Waals surface area contributed by atoms with Gasteiger partial charge in [-0.3, -0.25) is 0 Å². The second kappa shape index (κ2) is 14.0. The molecule has 154 valence electrons. The van der Waals surface area contributed by atoms with Gasteiger partial charge in [-0.2, -0.15) is 0 Å². The lowest BCUT2D eigenvalue weighted by Gasteiger charge is -2.24. The van der Waals surface area contributed by atoms with Crippen LogP contribution in [0.15, 0.2) is 60.7 Å². The van der Waals surface area contributed by atoms with Crippen LogP contribution in [0.25, 0.3) is 0 Å². The van der Waals surface area contributed by atoms with Gasteiger partial charge in [0.15, 0.2) is 0 Å². The van der Waals surface area contributed by atoms with E-state index in [0.29, 0.717) is 19.7 Å². The van der Waals surface area contributed by atoms with Crippen LogP contribution < -0.4 is 0 Å². The van der Waals surface area contributed by atoms with Crippen molar-refractivity contribution in [2.45, 2.75) is 26.7 Å². The van der Waals surface area contributed by atoms with E-state index in [1.165, 1.54) is 11.1 Å². The maximum absolute atomic E-state index is 12.6. The smallest absolute Gasteiger partial charge is 0.409 e. The highest BCUT2D eigenvalue weighted by molar-refractivity contribution is 5.85. The molecule has 0 aliphatic rings. The number of carbonyl (C=O) groups is 1. The van der Waals surface area contributed by atoms with E-state index in [2.05, 4.69) is 43.0 Å². The van der Waals surface area contributed by atoms with Gasteiger partial charge in [0, 0.05) is 19.6 Å². The Morgan fingerprint density at radius 2 is 1.25 bits per heavy atom. The van der Waals surface area contributed by atoms with Crippen LogP contribution in [0, 0.1) is 0 Å². The molecule has 0 fully saturated rings. The molecule has 0 bridgehead atoms. The summed E-state index contributed by atoms with van der Waals surface area (Å²) < 4.78 is 5.56. The molecule has 2 aromatic rings. The normalized spacial score (nSPS) is 10.4. The van der Waals surface area contributed by atoms with Crippen molar-refractivity contribution in [3.8, 4) is 0 Å². The van der Waals surface area contributed by atoms with Crippen molar-refractivity contribution in [3.05, 3.63) is 71.8 Å². The van der Waals surface area contributed by atoms with Crippen LogP contribution in [0.3, 0.4) is 0 Å². The lowest BCUT2D eigenvalue weighted by Crippen LogP contribution is -2.37. The minimum absolute atomic E-state index is 0. The minimum Gasteiger partial charge on any atom is -0.448 e. The molecular formula is C23H33ClN2O2. The van der Waals surface area contributed by atoms with E-state index in [9.17, 15) is 4.79 Å². The SMILES string of the molecule is CCN(CC)CCOC(=O)N(CCc1ccccc1)CCc1ccccc1.Cl. The molecule has 0 aromatic heterocycles. The van der Waals surface area contributed by atoms with Crippen molar-refractivity contribution in [1.29, 1.82) is 0 Å². The fourth-order valence-electron chi connectivity index (χ4n) is 3.01. The average Bonchev–Trinajstić information content (AvgIpc) is 2.72. The molecule has 2 aromatic carbocycles. The Kier molecular flexibility index (Phi) is 12.0. The van der Waals surface area contributed by atoms with Crippen LogP contribution in [0.4, 0.5) is 4.79 Å². The predicted molar refractivity (Wildman–Crippen MR) is 118 cm³/mol. The maximum atomic E-state index is 12.6. The van der Waals surface area contributed by atoms with Gasteiger partial charge in [0.2, 0.25) is 0 Å². The summed E-state index contributed by atoms with van der Waals surface area (Å²) in [7, 11) is 0. The Balaban J connectivity index is 0.00000392. The second-order valence-corrected chi connectivity index (χ2v) is 6.60. The first-order chi connectivity index (χ1) is 13.2. The molecule has 0 radical (unpaired) electrons. The van der Waals surface area contributed by atoms with E-state index in [1.807, 2.05) is 41.3 Å². The number of ether oxygens (including phenoxy) is 1. The summed E-state index contributed by atoms with van der Waals surface area (Å²) in [4.78, 5) is 16.7. The molecule has 28 heavy (non-hydrogen) atoms. The summed E-state index contributed by atoms with van der Waals surface area (Å²) in [5, 5.41) is 0. The van der Waals surface area contributed by atoms with Crippen LogP contribution in [0.5, 0.6) is 0 Å². The van der Waals surface area contributed by atoms with Crippen LogP contribution in [-0.4, -0.2) is 55.2 Å². The van der Waals surface area contributed by atoms with Gasteiger partial charge in [-0.1, -0.05) is 74.5 Å². The van der Waals surface area contributed by atoms with Crippen molar-refractivity contribution in [3.63, 3.8) is 0 Å². The van der Waals surface area contributed by atoms with Gasteiger partial charge >= 0.3 is 6.09 Å². The molecule has 0 saturated carbocycles. The Morgan fingerprint density at radius 1 is 0.786 bits per heavy atom. The summed E-state index contributed by atoms with van der Waals surface area (Å²) in [6.07, 6.45) is 1.45. The van der Waals surface area contributed by atoms with E-state index in [0.717, 1.165) is 32.5 Å². The first-order valence-electron chi connectivity index (χ1n) is 9.94. The summed E-state index contributed by atoms with van der Waals surface area (Å²) in [5.74, 6) is 0. The number of rotatable bonds is 11. The summed E-state index contributed by atoms with van der Waals surface area (Å²) >= 11 is 0. The quantitative estimate of drug-likeness (QED) is 0.545. The number of amides is 1. The number of hydrogen-bond acceptors (Lipinski definition) is 3. The molecule has 0 unspecified atom stereocenters. The molecule has 5 heteroatoms. The molecule has 0 saturated heterocycles. The topological polar surface area (TPSA) is 32.8 Å². The highest BCUT2D eigenvalue weighted by atomic mass is 35.5. The van der Waals surface area contributed by atoms with Gasteiger partial charge in [0.1, 0.15) is 6.61 Å². The first kappa shape index (κ1) is 24.0. The lowest BCUT2D eigenvalue weighted by atomic mass is 10.1. The summed E-state index contributed by atoms with van der Waals surface area (Å²) in [6.45, 7) is 8.74. The van der Waals surface area contributed by atoms with E-state index < -0.39 is 0 Å². The molecule has 4 nitrogen and oxygen atoms in total. The van der Waals surface area contributed by atoms with Gasteiger partial charge in [-0.15, -0.1) is 12.4 Å². The van der Waals surface area contributed by atoms with E-state index in [1.54, 1.807) is 0 Å². The first-order valence-corrected chi connectivity index (χ1v) is 9.94. The molecular weight excluding hydrogens is 372 g/mol. The lowest BCUT2D eigenvalue weighted by molar-refractivity contribution is 0.0922. The zero-order chi connectivity index (χ0) is 19.3. The summed E-state index contributed by atoms with van der Waals surface area (Å²) in [6, 6.07) is 20.6. The molecule has 0 heterocycles. The highest BCUT2D eigenvalue weighted by Crippen LogP contribution is 2.06. The molecule has 0 aliphatic heterocycles. The Morgan fingerprint density at radius 3 is 1.68 bits per heavy atom. The van der Waals surface area contributed by atoms with Crippen LogP contribution in [-0.2, 0) is 17.6 Å². The van der Waals surface area contributed by atoms with Crippen molar-refractivity contribution >= 4 is 18.5 Å². The standard InChI is InChI=1S/C23H32N2O2.ClH/c1-3-24(4-2)19-20-27-23(26)25(17-15-21-11-7-5-8-12-21)18-16-22-13-9-6-10-14-22;/h5-14H,3-4,15-20H2,1-2H3;1H. The highest BCUT2D eigenvalue weighted by Gasteiger charge is 2.15. The number of benzene rings is 2. The molecule has 0 N–H and O–H groups in total. The van der Waals surface area contributed by atoms with E-state index in [-0.39, 0.29) is 18.5 Å². The Hall–Kier alpha value is -2.04. The van der Waals surface area contributed by atoms with Gasteiger partial charge < -0.3 is 14.5 Å². The van der Waals surface area contributed by atoms with Crippen molar-refractivity contribution in [2.75, 3.05) is 39.3 Å². The van der Waals surface area contributed by atoms with Crippen LogP contribution in [0.2, 0.25) is 0 Å². The number of likely N-dealkylation sites (N-methyl/N-ethyl adjacent to an activating group) is 1. The molecule has 2 rings (SSSR count). The Bertz CT molecular complexity index is 605. The van der Waals surface area contributed by atoms with Crippen molar-refractivity contribution in [1.82, 2.24) is 9.80 Å². The monoisotopic (exact) mass is 404 g/mol. The largest absolute Gasteiger partial charge is 0.448 e. The predicted octanol–water partition coefficient (Wildman–Crippen LogP) is 4.67. The zero-order valence-electron chi connectivity index (χ0n) is 17.0. The molecule has 0 spiro atoms. The van der Waals surface area contributed by atoms with E-state index in [4.69, 9.17) is 4.74 Å². The summed E-state index contributed by atoms with van der Waals surface area (Å²) in [5.41, 5.74) is 2.47. The van der Waals surface area contributed by atoms with Crippen molar-refractivity contribution < 1.29 is 9.53 Å². The zero-order valence-corrected chi connectivity index (χ0v) is 17.9. The van der Waals surface area contributed by atoms with Crippen molar-refractivity contribution in [2.24, 2.45) is 0 Å². The molecule has 0 atom stereocenters. The Labute approximate surface area is 175 Å². The minimum atomic E-state index is -0.214. The maximum Gasteiger partial charge on any atom is 0.409 e. The van der Waals surface area contributed by atoms with Crippen LogP contribution in [0.1, 0.15) is 25.0 Å². The average molecular weight is 405 g/mol. The molecule has 1 amide bonds. The number of carbonyl (C=O) groups excluding carboxylic acids is 1. The third-order valence-corrected chi connectivity index (χ3v) is 4.81. The third kappa shape index (κ3) is 8.77. The second-order valence-electron chi connectivity index (χ2n) is 6.60. The number of hydrogen-bond donors (Lipinski definition) is 0.